The minimum absolute atomic E-state index is 0.0483. The highest BCUT2D eigenvalue weighted by Gasteiger charge is 2.46. The van der Waals surface area contributed by atoms with Gasteiger partial charge in [-0.15, -0.1) is 0 Å². The number of hydrogen-bond acceptors (Lipinski definition) is 3. The van der Waals surface area contributed by atoms with Gasteiger partial charge in [-0.3, -0.25) is 4.79 Å². The van der Waals surface area contributed by atoms with Gasteiger partial charge in [-0.25, -0.2) is 0 Å². The summed E-state index contributed by atoms with van der Waals surface area (Å²) >= 11 is 12.0. The Morgan fingerprint density at radius 2 is 1.95 bits per heavy atom. The van der Waals surface area contributed by atoms with E-state index < -0.39 is 0 Å². The Morgan fingerprint density at radius 1 is 1.30 bits per heavy atom. The van der Waals surface area contributed by atoms with Crippen molar-refractivity contribution in [3.05, 3.63) is 33.8 Å². The van der Waals surface area contributed by atoms with Crippen molar-refractivity contribution >= 4 is 29.1 Å². The Balaban J connectivity index is 2.09. The molecule has 0 aliphatic heterocycles. The Kier molecular flexibility index (Phi) is 4.49. The SMILES string of the molecule is N#CCN(CC#N)C(=O)C1CC1c1ccc(Cl)cc1Cl. The van der Waals surface area contributed by atoms with Gasteiger partial charge in [-0.2, -0.15) is 10.5 Å². The van der Waals surface area contributed by atoms with Crippen molar-refractivity contribution in [3.63, 3.8) is 0 Å². The molecule has 0 N–H and O–H groups in total. The number of hydrogen-bond donors (Lipinski definition) is 0. The summed E-state index contributed by atoms with van der Waals surface area (Å²) in [6, 6.07) is 9.02. The molecule has 1 saturated carbocycles. The van der Waals surface area contributed by atoms with E-state index in [0.29, 0.717) is 16.5 Å². The van der Waals surface area contributed by atoms with Crippen LogP contribution in [0.25, 0.3) is 0 Å². The molecule has 1 aromatic rings. The summed E-state index contributed by atoms with van der Waals surface area (Å²) in [7, 11) is 0. The summed E-state index contributed by atoms with van der Waals surface area (Å²) in [6.45, 7) is -0.131. The predicted molar refractivity (Wildman–Crippen MR) is 75.1 cm³/mol. The molecule has 102 valence electrons. The predicted octanol–water partition coefficient (Wildman–Crippen LogP) is 2.97. The molecule has 20 heavy (non-hydrogen) atoms. The second kappa shape index (κ2) is 6.13. The van der Waals surface area contributed by atoms with Crippen molar-refractivity contribution in [2.75, 3.05) is 13.1 Å². The van der Waals surface area contributed by atoms with E-state index in [1.165, 1.54) is 4.90 Å². The lowest BCUT2D eigenvalue weighted by Crippen LogP contribution is -2.33. The molecule has 0 heterocycles. The third-order valence-electron chi connectivity index (χ3n) is 3.30. The molecule has 1 fully saturated rings. The van der Waals surface area contributed by atoms with Crippen LogP contribution in [0.1, 0.15) is 17.9 Å². The van der Waals surface area contributed by atoms with E-state index in [1.54, 1.807) is 12.1 Å². The monoisotopic (exact) mass is 307 g/mol. The molecule has 0 aromatic heterocycles. The Morgan fingerprint density at radius 3 is 2.50 bits per heavy atom. The third-order valence-corrected chi connectivity index (χ3v) is 3.87. The topological polar surface area (TPSA) is 67.9 Å². The molecular weight excluding hydrogens is 297 g/mol. The molecule has 6 heteroatoms. The van der Waals surface area contributed by atoms with Gasteiger partial charge < -0.3 is 4.90 Å². The summed E-state index contributed by atoms with van der Waals surface area (Å²) in [5.41, 5.74) is 0.892. The van der Waals surface area contributed by atoms with Crippen LogP contribution in [-0.4, -0.2) is 23.9 Å². The largest absolute Gasteiger partial charge is 0.316 e. The lowest BCUT2D eigenvalue weighted by Gasteiger charge is -2.15. The van der Waals surface area contributed by atoms with Gasteiger partial charge in [0.1, 0.15) is 13.1 Å². The highest BCUT2D eigenvalue weighted by Crippen LogP contribution is 2.50. The van der Waals surface area contributed by atoms with Crippen LogP contribution >= 0.6 is 23.2 Å². The first-order chi connectivity index (χ1) is 9.58. The molecular formula is C14H11Cl2N3O. The molecule has 0 saturated heterocycles. The number of halogens is 2. The van der Waals surface area contributed by atoms with Gasteiger partial charge in [-0.1, -0.05) is 29.3 Å². The molecule has 0 spiro atoms. The summed E-state index contributed by atoms with van der Waals surface area (Å²) in [6.07, 6.45) is 0.688. The summed E-state index contributed by atoms with van der Waals surface area (Å²) < 4.78 is 0. The maximum Gasteiger partial charge on any atom is 0.228 e. The van der Waals surface area contributed by atoms with Crippen LogP contribution in [0, 0.1) is 28.6 Å². The zero-order valence-corrected chi connectivity index (χ0v) is 12.0. The first-order valence-corrected chi connectivity index (χ1v) is 6.81. The van der Waals surface area contributed by atoms with Crippen LogP contribution in [0.5, 0.6) is 0 Å². The van der Waals surface area contributed by atoms with E-state index in [4.69, 9.17) is 33.7 Å². The Hall–Kier alpha value is -1.75. The van der Waals surface area contributed by atoms with Gasteiger partial charge in [0.05, 0.1) is 12.1 Å². The van der Waals surface area contributed by atoms with E-state index in [-0.39, 0.29) is 30.8 Å². The molecule has 0 radical (unpaired) electrons. The van der Waals surface area contributed by atoms with Gasteiger partial charge in [0.25, 0.3) is 0 Å². The average Bonchev–Trinajstić information content (AvgIpc) is 3.18. The Labute approximate surface area is 127 Å². The van der Waals surface area contributed by atoms with Gasteiger partial charge in [-0.05, 0) is 30.0 Å². The first kappa shape index (κ1) is 14.7. The van der Waals surface area contributed by atoms with Gasteiger partial charge in [0.2, 0.25) is 5.91 Å². The highest BCUT2D eigenvalue weighted by molar-refractivity contribution is 6.35. The molecule has 1 aliphatic rings. The Bertz CT molecular complexity index is 602. The van der Waals surface area contributed by atoms with Gasteiger partial charge in [0.15, 0.2) is 0 Å². The smallest absolute Gasteiger partial charge is 0.228 e. The molecule has 4 nitrogen and oxygen atoms in total. The van der Waals surface area contributed by atoms with Crippen molar-refractivity contribution < 1.29 is 4.79 Å². The molecule has 2 unspecified atom stereocenters. The molecule has 2 rings (SSSR count). The van der Waals surface area contributed by atoms with Crippen LogP contribution in [-0.2, 0) is 4.79 Å². The quantitative estimate of drug-likeness (QED) is 0.803. The average molecular weight is 308 g/mol. The maximum atomic E-state index is 12.2. The van der Waals surface area contributed by atoms with E-state index in [9.17, 15) is 4.79 Å². The number of amides is 1. The van der Waals surface area contributed by atoms with Crippen LogP contribution < -0.4 is 0 Å². The second-order valence-corrected chi connectivity index (χ2v) is 5.47. The lowest BCUT2D eigenvalue weighted by atomic mass is 10.1. The standard InChI is InChI=1S/C14H11Cl2N3O/c15-9-1-2-10(13(16)7-9)11-8-12(11)14(20)19(5-3-17)6-4-18/h1-2,7,11-12H,5-6,8H2. The van der Waals surface area contributed by atoms with Crippen molar-refractivity contribution in [1.82, 2.24) is 4.90 Å². The number of carbonyl (C=O) groups is 1. The normalized spacial score (nSPS) is 19.8. The molecule has 1 aliphatic carbocycles. The van der Waals surface area contributed by atoms with E-state index >= 15 is 0 Å². The first-order valence-electron chi connectivity index (χ1n) is 6.06. The van der Waals surface area contributed by atoms with Crippen molar-refractivity contribution in [2.45, 2.75) is 12.3 Å². The zero-order chi connectivity index (χ0) is 14.7. The highest BCUT2D eigenvalue weighted by atomic mass is 35.5. The number of carbonyl (C=O) groups excluding carboxylic acids is 1. The molecule has 0 bridgehead atoms. The lowest BCUT2D eigenvalue weighted by molar-refractivity contribution is -0.131. The minimum Gasteiger partial charge on any atom is -0.316 e. The fourth-order valence-electron chi connectivity index (χ4n) is 2.23. The summed E-state index contributed by atoms with van der Waals surface area (Å²) in [5.74, 6) is -0.313. The number of nitriles is 2. The minimum atomic E-state index is -0.199. The fourth-order valence-corrected chi connectivity index (χ4v) is 2.78. The second-order valence-electron chi connectivity index (χ2n) is 4.63. The molecule has 1 aromatic carbocycles. The van der Waals surface area contributed by atoms with Crippen LogP contribution in [0.2, 0.25) is 10.0 Å². The van der Waals surface area contributed by atoms with Crippen LogP contribution in [0.15, 0.2) is 18.2 Å². The third kappa shape index (κ3) is 3.04. The van der Waals surface area contributed by atoms with Gasteiger partial charge >= 0.3 is 0 Å². The van der Waals surface area contributed by atoms with Crippen molar-refractivity contribution in [3.8, 4) is 12.1 Å². The van der Waals surface area contributed by atoms with Gasteiger partial charge in [0, 0.05) is 16.0 Å². The fraction of sp³-hybridized carbons (Fsp3) is 0.357. The number of benzene rings is 1. The van der Waals surface area contributed by atoms with Crippen molar-refractivity contribution in [2.24, 2.45) is 5.92 Å². The maximum absolute atomic E-state index is 12.2. The van der Waals surface area contributed by atoms with E-state index in [0.717, 1.165) is 5.56 Å². The van der Waals surface area contributed by atoms with Crippen molar-refractivity contribution in [1.29, 1.82) is 10.5 Å². The number of nitrogens with zero attached hydrogens (tertiary/aromatic N) is 3. The number of rotatable bonds is 4. The summed E-state index contributed by atoms with van der Waals surface area (Å²) in [5, 5.41) is 18.5. The zero-order valence-electron chi connectivity index (χ0n) is 10.5. The van der Waals surface area contributed by atoms with E-state index in [1.807, 2.05) is 18.2 Å². The van der Waals surface area contributed by atoms with Crippen LogP contribution in [0.3, 0.4) is 0 Å². The molecule has 2 atom stereocenters. The molecule has 1 amide bonds. The van der Waals surface area contributed by atoms with Crippen LogP contribution in [0.4, 0.5) is 0 Å². The van der Waals surface area contributed by atoms with E-state index in [2.05, 4.69) is 0 Å². The summed E-state index contributed by atoms with van der Waals surface area (Å²) in [4.78, 5) is 13.5.